The maximum Gasteiger partial charge on any atom is 0.142 e. The maximum atomic E-state index is 5.81. The fraction of sp³-hybridized carbons (Fsp3) is 0.500. The number of hydrogen-bond donors (Lipinski definition) is 1. The first-order valence-corrected chi connectivity index (χ1v) is 5.50. The van der Waals surface area contributed by atoms with E-state index in [4.69, 9.17) is 10.5 Å². The van der Waals surface area contributed by atoms with E-state index in [1.54, 1.807) is 7.11 Å². The summed E-state index contributed by atoms with van der Waals surface area (Å²) in [6, 6.07) is 5.83. The summed E-state index contributed by atoms with van der Waals surface area (Å²) in [7, 11) is 1.71. The Bertz CT molecular complexity index is 332. The molecule has 1 aliphatic heterocycles. The fourth-order valence-corrected chi connectivity index (χ4v) is 2.09. The van der Waals surface area contributed by atoms with Crippen molar-refractivity contribution in [3.05, 3.63) is 18.2 Å². The summed E-state index contributed by atoms with van der Waals surface area (Å²) < 4.78 is 5.36. The topological polar surface area (TPSA) is 38.5 Å². The number of methoxy groups -OCH3 is 1. The molecule has 3 nitrogen and oxygen atoms in total. The average Bonchev–Trinajstić information content (AvgIpc) is 2.30. The highest BCUT2D eigenvalue weighted by molar-refractivity contribution is 5.65. The lowest BCUT2D eigenvalue weighted by molar-refractivity contribution is 0.412. The van der Waals surface area contributed by atoms with Crippen LogP contribution in [-0.4, -0.2) is 20.2 Å². The number of benzene rings is 1. The standard InChI is InChI=1S/C12H18N2O/c1-15-12-6-5-10(13)9-11(12)14-7-3-2-4-8-14/h5-6,9H,2-4,7-8,13H2,1H3. The molecule has 82 valence electrons. The molecule has 0 spiro atoms. The molecular weight excluding hydrogens is 188 g/mol. The fourth-order valence-electron chi connectivity index (χ4n) is 2.09. The summed E-state index contributed by atoms with van der Waals surface area (Å²) in [4.78, 5) is 2.36. The molecule has 1 heterocycles. The largest absolute Gasteiger partial charge is 0.495 e. The molecule has 1 saturated heterocycles. The van der Waals surface area contributed by atoms with Crippen molar-refractivity contribution in [2.24, 2.45) is 0 Å². The summed E-state index contributed by atoms with van der Waals surface area (Å²) in [6.45, 7) is 2.22. The Morgan fingerprint density at radius 3 is 2.60 bits per heavy atom. The van der Waals surface area contributed by atoms with Crippen molar-refractivity contribution in [3.8, 4) is 5.75 Å². The highest BCUT2D eigenvalue weighted by Crippen LogP contribution is 2.31. The minimum absolute atomic E-state index is 0.802. The van der Waals surface area contributed by atoms with Gasteiger partial charge in [-0.2, -0.15) is 0 Å². The zero-order chi connectivity index (χ0) is 10.7. The van der Waals surface area contributed by atoms with E-state index in [1.807, 2.05) is 18.2 Å². The van der Waals surface area contributed by atoms with Crippen LogP contribution in [0.15, 0.2) is 18.2 Å². The summed E-state index contributed by atoms with van der Waals surface area (Å²) in [6.07, 6.45) is 3.86. The second-order valence-electron chi connectivity index (χ2n) is 3.98. The van der Waals surface area contributed by atoms with E-state index < -0.39 is 0 Å². The molecule has 0 unspecified atom stereocenters. The number of nitrogens with two attached hydrogens (primary N) is 1. The maximum absolute atomic E-state index is 5.81. The molecule has 15 heavy (non-hydrogen) atoms. The normalized spacial score (nSPS) is 16.5. The van der Waals surface area contributed by atoms with Crippen molar-refractivity contribution in [1.82, 2.24) is 0 Å². The molecule has 0 radical (unpaired) electrons. The lowest BCUT2D eigenvalue weighted by Crippen LogP contribution is -2.29. The van der Waals surface area contributed by atoms with Gasteiger partial charge in [-0.3, -0.25) is 0 Å². The molecule has 2 N–H and O–H groups in total. The monoisotopic (exact) mass is 206 g/mol. The second-order valence-corrected chi connectivity index (χ2v) is 3.98. The van der Waals surface area contributed by atoms with Gasteiger partial charge in [0.15, 0.2) is 0 Å². The molecule has 0 aliphatic carbocycles. The quantitative estimate of drug-likeness (QED) is 0.754. The van der Waals surface area contributed by atoms with Gasteiger partial charge in [-0.05, 0) is 37.5 Å². The van der Waals surface area contributed by atoms with Gasteiger partial charge in [0.05, 0.1) is 12.8 Å². The number of nitrogen functional groups attached to an aromatic ring is 1. The van der Waals surface area contributed by atoms with E-state index in [9.17, 15) is 0 Å². The Balaban J connectivity index is 2.27. The van der Waals surface area contributed by atoms with E-state index in [2.05, 4.69) is 4.90 Å². The number of piperidine rings is 1. The average molecular weight is 206 g/mol. The highest BCUT2D eigenvalue weighted by atomic mass is 16.5. The van der Waals surface area contributed by atoms with Crippen LogP contribution in [0.3, 0.4) is 0 Å². The lowest BCUT2D eigenvalue weighted by Gasteiger charge is -2.30. The van der Waals surface area contributed by atoms with Gasteiger partial charge in [0, 0.05) is 18.8 Å². The molecule has 0 aromatic heterocycles. The minimum atomic E-state index is 0.802. The Morgan fingerprint density at radius 1 is 1.20 bits per heavy atom. The SMILES string of the molecule is COc1ccc(N)cc1N1CCCCC1. The van der Waals surface area contributed by atoms with Crippen molar-refractivity contribution in [3.63, 3.8) is 0 Å². The summed E-state index contributed by atoms with van der Waals surface area (Å²) in [5.41, 5.74) is 7.75. The summed E-state index contributed by atoms with van der Waals surface area (Å²) in [5.74, 6) is 0.922. The van der Waals surface area contributed by atoms with Crippen LogP contribution < -0.4 is 15.4 Å². The van der Waals surface area contributed by atoms with Gasteiger partial charge in [0.1, 0.15) is 5.75 Å². The number of ether oxygens (including phenoxy) is 1. The molecular formula is C12H18N2O. The molecule has 2 rings (SSSR count). The van der Waals surface area contributed by atoms with Crippen LogP contribution in [0.5, 0.6) is 5.75 Å². The first kappa shape index (κ1) is 10.1. The van der Waals surface area contributed by atoms with Crippen LogP contribution in [-0.2, 0) is 0 Å². The van der Waals surface area contributed by atoms with Crippen molar-refractivity contribution in [2.45, 2.75) is 19.3 Å². The minimum Gasteiger partial charge on any atom is -0.495 e. The zero-order valence-electron chi connectivity index (χ0n) is 9.20. The third-order valence-corrected chi connectivity index (χ3v) is 2.90. The van der Waals surface area contributed by atoms with Gasteiger partial charge < -0.3 is 15.4 Å². The van der Waals surface area contributed by atoms with E-state index in [1.165, 1.54) is 19.3 Å². The second kappa shape index (κ2) is 4.43. The number of anilines is 2. The molecule has 0 saturated carbocycles. The van der Waals surface area contributed by atoms with Gasteiger partial charge in [0.2, 0.25) is 0 Å². The Kier molecular flexibility index (Phi) is 2.99. The van der Waals surface area contributed by atoms with E-state index >= 15 is 0 Å². The smallest absolute Gasteiger partial charge is 0.142 e. The van der Waals surface area contributed by atoms with Crippen molar-refractivity contribution < 1.29 is 4.74 Å². The Morgan fingerprint density at radius 2 is 1.93 bits per heavy atom. The van der Waals surface area contributed by atoms with Crippen molar-refractivity contribution in [1.29, 1.82) is 0 Å². The zero-order valence-corrected chi connectivity index (χ0v) is 9.20. The predicted molar refractivity (Wildman–Crippen MR) is 63.5 cm³/mol. The molecule has 1 aromatic carbocycles. The number of rotatable bonds is 2. The van der Waals surface area contributed by atoms with Gasteiger partial charge in [-0.15, -0.1) is 0 Å². The third kappa shape index (κ3) is 2.17. The summed E-state index contributed by atoms with van der Waals surface area (Å²) >= 11 is 0. The van der Waals surface area contributed by atoms with Crippen LogP contribution in [0.2, 0.25) is 0 Å². The van der Waals surface area contributed by atoms with Gasteiger partial charge in [-0.25, -0.2) is 0 Å². The van der Waals surface area contributed by atoms with Gasteiger partial charge >= 0.3 is 0 Å². The van der Waals surface area contributed by atoms with Crippen molar-refractivity contribution >= 4 is 11.4 Å². The molecule has 0 amide bonds. The Hall–Kier alpha value is -1.38. The van der Waals surface area contributed by atoms with E-state index in [-0.39, 0.29) is 0 Å². The lowest BCUT2D eigenvalue weighted by atomic mass is 10.1. The van der Waals surface area contributed by atoms with Crippen LogP contribution in [0, 0.1) is 0 Å². The van der Waals surface area contributed by atoms with E-state index in [0.29, 0.717) is 0 Å². The molecule has 3 heteroatoms. The number of hydrogen-bond acceptors (Lipinski definition) is 3. The molecule has 1 aliphatic rings. The Labute approximate surface area is 90.8 Å². The molecule has 1 aromatic rings. The van der Waals surface area contributed by atoms with E-state index in [0.717, 1.165) is 30.2 Å². The number of nitrogens with zero attached hydrogens (tertiary/aromatic N) is 1. The molecule has 1 fully saturated rings. The van der Waals surface area contributed by atoms with Gasteiger partial charge in [0.25, 0.3) is 0 Å². The molecule has 0 bridgehead atoms. The van der Waals surface area contributed by atoms with Crippen LogP contribution in [0.4, 0.5) is 11.4 Å². The predicted octanol–water partition coefficient (Wildman–Crippen LogP) is 2.27. The van der Waals surface area contributed by atoms with Crippen LogP contribution in [0.1, 0.15) is 19.3 Å². The molecule has 0 atom stereocenters. The van der Waals surface area contributed by atoms with Crippen molar-refractivity contribution in [2.75, 3.05) is 30.8 Å². The first-order chi connectivity index (χ1) is 7.31. The highest BCUT2D eigenvalue weighted by Gasteiger charge is 2.14. The van der Waals surface area contributed by atoms with Crippen LogP contribution >= 0.6 is 0 Å². The summed E-state index contributed by atoms with van der Waals surface area (Å²) in [5, 5.41) is 0. The van der Waals surface area contributed by atoms with Gasteiger partial charge in [-0.1, -0.05) is 0 Å². The third-order valence-electron chi connectivity index (χ3n) is 2.90. The first-order valence-electron chi connectivity index (χ1n) is 5.50. The van der Waals surface area contributed by atoms with Crippen LogP contribution in [0.25, 0.3) is 0 Å².